The summed E-state index contributed by atoms with van der Waals surface area (Å²) < 4.78 is 22.5. The minimum atomic E-state index is -0.252. The molecule has 0 saturated carbocycles. The number of unbranched alkanes of at least 4 members (excludes halogenated alkanes) is 5. The van der Waals surface area contributed by atoms with Crippen molar-refractivity contribution in [3.05, 3.63) is 109 Å². The van der Waals surface area contributed by atoms with Crippen molar-refractivity contribution in [2.75, 3.05) is 0 Å². The van der Waals surface area contributed by atoms with Crippen molar-refractivity contribution in [1.29, 1.82) is 0 Å². The van der Waals surface area contributed by atoms with Gasteiger partial charge in [-0.25, -0.2) is 0 Å². The van der Waals surface area contributed by atoms with Crippen LogP contribution in [0.2, 0.25) is 0 Å². The summed E-state index contributed by atoms with van der Waals surface area (Å²) in [7, 11) is 0. The predicted molar refractivity (Wildman–Crippen MR) is 154 cm³/mol. The minimum Gasteiger partial charge on any atom is -0.457 e. The lowest BCUT2D eigenvalue weighted by Crippen LogP contribution is -2.07. The molecule has 0 fully saturated rings. The van der Waals surface area contributed by atoms with Crippen LogP contribution >= 0.6 is 0 Å². The number of para-hydroxylation sites is 2. The fourth-order valence-corrected chi connectivity index (χ4v) is 4.06. The van der Waals surface area contributed by atoms with E-state index in [9.17, 15) is 9.59 Å². The van der Waals surface area contributed by atoms with Crippen molar-refractivity contribution >= 4 is 11.9 Å². The Bertz CT molecular complexity index is 1230. The zero-order chi connectivity index (χ0) is 27.8. The third-order valence-electron chi connectivity index (χ3n) is 6.04. The lowest BCUT2D eigenvalue weighted by Gasteiger charge is -2.09. The molecule has 0 atom stereocenters. The smallest absolute Gasteiger partial charge is 0.311 e. The van der Waals surface area contributed by atoms with E-state index in [1.165, 1.54) is 0 Å². The van der Waals surface area contributed by atoms with E-state index in [0.717, 1.165) is 50.0 Å². The van der Waals surface area contributed by atoms with Gasteiger partial charge in [0.15, 0.2) is 0 Å². The Morgan fingerprint density at radius 2 is 0.750 bits per heavy atom. The van der Waals surface area contributed by atoms with Gasteiger partial charge >= 0.3 is 11.9 Å². The molecular formula is C34H34O6. The zero-order valence-corrected chi connectivity index (χ0v) is 22.5. The summed E-state index contributed by atoms with van der Waals surface area (Å²) in [5, 5.41) is 0. The quantitative estimate of drug-likeness (QED) is 0.0855. The molecule has 0 heterocycles. The Hall–Kier alpha value is -4.58. The first-order chi connectivity index (χ1) is 19.6. The Morgan fingerprint density at radius 3 is 1.18 bits per heavy atom. The molecule has 0 radical (unpaired) electrons. The first kappa shape index (κ1) is 28.4. The van der Waals surface area contributed by atoms with Crippen molar-refractivity contribution in [3.63, 3.8) is 0 Å². The molecule has 0 bridgehead atoms. The summed E-state index contributed by atoms with van der Waals surface area (Å²) in [6.45, 7) is 0. The highest BCUT2D eigenvalue weighted by atomic mass is 16.5. The average Bonchev–Trinajstić information content (AvgIpc) is 2.96. The first-order valence-electron chi connectivity index (χ1n) is 13.7. The Morgan fingerprint density at radius 1 is 0.400 bits per heavy atom. The van der Waals surface area contributed by atoms with E-state index in [1.807, 2.05) is 72.8 Å². The largest absolute Gasteiger partial charge is 0.457 e. The highest BCUT2D eigenvalue weighted by Gasteiger charge is 2.08. The van der Waals surface area contributed by atoms with Crippen molar-refractivity contribution < 1.29 is 28.5 Å². The monoisotopic (exact) mass is 538 g/mol. The molecule has 0 aliphatic carbocycles. The summed E-state index contributed by atoms with van der Waals surface area (Å²) >= 11 is 0. The maximum absolute atomic E-state index is 12.2. The highest BCUT2D eigenvalue weighted by molar-refractivity contribution is 5.73. The minimum absolute atomic E-state index is 0.252. The van der Waals surface area contributed by atoms with Crippen LogP contribution in [0.1, 0.15) is 51.4 Å². The van der Waals surface area contributed by atoms with Gasteiger partial charge in [0.05, 0.1) is 0 Å². The maximum atomic E-state index is 12.2. The third kappa shape index (κ3) is 10.3. The van der Waals surface area contributed by atoms with Crippen LogP contribution in [-0.4, -0.2) is 11.9 Å². The van der Waals surface area contributed by atoms with E-state index in [0.29, 0.717) is 35.8 Å². The molecule has 0 aliphatic heterocycles. The SMILES string of the molecule is O=C(CCCCCCCCC(=O)Oc1cccc(Oc2ccccc2)c1)Oc1cccc(Oc2ccccc2)c1. The van der Waals surface area contributed by atoms with E-state index in [2.05, 4.69) is 0 Å². The average molecular weight is 539 g/mol. The number of esters is 2. The number of hydrogen-bond acceptors (Lipinski definition) is 6. The number of carbonyl (C=O) groups is 2. The van der Waals surface area contributed by atoms with Gasteiger partial charge in [-0.15, -0.1) is 0 Å². The fourth-order valence-electron chi connectivity index (χ4n) is 4.06. The van der Waals surface area contributed by atoms with Gasteiger partial charge in [-0.1, -0.05) is 74.2 Å². The predicted octanol–water partition coefficient (Wildman–Crippen LogP) is 8.90. The molecule has 206 valence electrons. The van der Waals surface area contributed by atoms with Gasteiger partial charge in [0.2, 0.25) is 0 Å². The fraction of sp³-hybridized carbons (Fsp3) is 0.235. The number of rotatable bonds is 15. The second-order valence-electron chi connectivity index (χ2n) is 9.35. The number of hydrogen-bond donors (Lipinski definition) is 0. The normalized spacial score (nSPS) is 10.5. The standard InChI is InChI=1S/C34H34O6/c35-33(39-31-21-13-19-29(25-31)37-27-15-7-5-8-16-27)23-11-3-1-2-4-12-24-34(36)40-32-22-14-20-30(26-32)38-28-17-9-6-10-18-28/h5-10,13-22,25-26H,1-4,11-12,23-24H2. The summed E-state index contributed by atoms with van der Waals surface area (Å²) in [5.74, 6) is 3.12. The van der Waals surface area contributed by atoms with Crippen LogP contribution in [-0.2, 0) is 9.59 Å². The van der Waals surface area contributed by atoms with Crippen LogP contribution < -0.4 is 18.9 Å². The molecule has 0 spiro atoms. The van der Waals surface area contributed by atoms with E-state index in [-0.39, 0.29) is 11.9 Å². The molecule has 4 rings (SSSR count). The summed E-state index contributed by atoms with van der Waals surface area (Å²) in [6, 6.07) is 33.1. The molecule has 0 aliphatic rings. The zero-order valence-electron chi connectivity index (χ0n) is 22.5. The second-order valence-corrected chi connectivity index (χ2v) is 9.35. The lowest BCUT2D eigenvalue weighted by molar-refractivity contribution is -0.135. The van der Waals surface area contributed by atoms with Crippen LogP contribution in [0.5, 0.6) is 34.5 Å². The first-order valence-corrected chi connectivity index (χ1v) is 13.7. The van der Waals surface area contributed by atoms with E-state index < -0.39 is 0 Å². The van der Waals surface area contributed by atoms with Crippen LogP contribution in [0, 0.1) is 0 Å². The number of ether oxygens (including phenoxy) is 4. The van der Waals surface area contributed by atoms with Crippen molar-refractivity contribution in [2.45, 2.75) is 51.4 Å². The second kappa shape index (κ2) is 15.7. The molecule has 0 unspecified atom stereocenters. The van der Waals surface area contributed by atoms with Gasteiger partial charge in [0, 0.05) is 25.0 Å². The van der Waals surface area contributed by atoms with Gasteiger partial charge in [0.1, 0.15) is 34.5 Å². The molecule has 6 heteroatoms. The third-order valence-corrected chi connectivity index (χ3v) is 6.04. The van der Waals surface area contributed by atoms with Crippen LogP contribution in [0.15, 0.2) is 109 Å². The van der Waals surface area contributed by atoms with Gasteiger partial charge in [-0.05, 0) is 61.4 Å². The number of benzene rings is 4. The van der Waals surface area contributed by atoms with Gasteiger partial charge in [-0.3, -0.25) is 9.59 Å². The van der Waals surface area contributed by atoms with Gasteiger partial charge in [0.25, 0.3) is 0 Å². The van der Waals surface area contributed by atoms with E-state index in [1.54, 1.807) is 36.4 Å². The Kier molecular flexibility index (Phi) is 11.2. The van der Waals surface area contributed by atoms with E-state index >= 15 is 0 Å². The molecule has 0 aromatic heterocycles. The molecule has 4 aromatic rings. The van der Waals surface area contributed by atoms with Crippen LogP contribution in [0.3, 0.4) is 0 Å². The van der Waals surface area contributed by atoms with Gasteiger partial charge < -0.3 is 18.9 Å². The number of carbonyl (C=O) groups excluding carboxylic acids is 2. The maximum Gasteiger partial charge on any atom is 0.311 e. The van der Waals surface area contributed by atoms with Crippen molar-refractivity contribution in [1.82, 2.24) is 0 Å². The Balaban J connectivity index is 1.05. The molecule has 40 heavy (non-hydrogen) atoms. The van der Waals surface area contributed by atoms with Crippen molar-refractivity contribution in [2.24, 2.45) is 0 Å². The molecule has 0 N–H and O–H groups in total. The summed E-state index contributed by atoms with van der Waals surface area (Å²) in [5.41, 5.74) is 0. The van der Waals surface area contributed by atoms with Gasteiger partial charge in [-0.2, -0.15) is 0 Å². The molecule has 0 amide bonds. The summed E-state index contributed by atoms with van der Waals surface area (Å²) in [4.78, 5) is 24.5. The topological polar surface area (TPSA) is 71.1 Å². The molecular weight excluding hydrogens is 504 g/mol. The Labute approximate surface area is 235 Å². The highest BCUT2D eigenvalue weighted by Crippen LogP contribution is 2.26. The van der Waals surface area contributed by atoms with Crippen molar-refractivity contribution in [3.8, 4) is 34.5 Å². The van der Waals surface area contributed by atoms with Crippen LogP contribution in [0.4, 0.5) is 0 Å². The lowest BCUT2D eigenvalue weighted by atomic mass is 10.1. The molecule has 0 saturated heterocycles. The van der Waals surface area contributed by atoms with Crippen LogP contribution in [0.25, 0.3) is 0 Å². The molecule has 6 nitrogen and oxygen atoms in total. The molecule has 4 aromatic carbocycles. The summed E-state index contributed by atoms with van der Waals surface area (Å²) in [6.07, 6.45) is 6.14. The van der Waals surface area contributed by atoms with E-state index in [4.69, 9.17) is 18.9 Å².